The second-order valence-electron chi connectivity index (χ2n) is 7.81. The predicted molar refractivity (Wildman–Crippen MR) is 117 cm³/mol. The van der Waals surface area contributed by atoms with E-state index in [4.69, 9.17) is 16.6 Å². The van der Waals surface area contributed by atoms with Crippen molar-refractivity contribution in [1.29, 1.82) is 0 Å². The number of halogens is 1. The number of sulfonamides is 1. The van der Waals surface area contributed by atoms with Crippen molar-refractivity contribution in [2.24, 2.45) is 7.05 Å². The molecule has 3 heterocycles. The number of rotatable bonds is 5. The van der Waals surface area contributed by atoms with E-state index in [1.807, 2.05) is 42.5 Å². The summed E-state index contributed by atoms with van der Waals surface area (Å²) in [6.07, 6.45) is 4.04. The van der Waals surface area contributed by atoms with Crippen LogP contribution in [0.25, 0.3) is 0 Å². The number of aryl methyl sites for hydroxylation is 2. The standard InChI is InChI=1S/C22H25ClN4O2S/c1-16-22(15-26(2)25-16)30(28,29)27-12-4-5-18(14-27)21-7-3-6-20(24-21)13-17-8-10-19(23)11-9-17/h3,6-11,15,18H,4-5,12-14H2,1-2H3. The molecule has 0 spiro atoms. The molecule has 6 nitrogen and oxygen atoms in total. The Morgan fingerprint density at radius 2 is 1.93 bits per heavy atom. The molecule has 4 rings (SSSR count). The molecular formula is C22H25ClN4O2S. The molecule has 30 heavy (non-hydrogen) atoms. The number of aromatic nitrogens is 3. The van der Waals surface area contributed by atoms with Crippen LogP contribution in [0.3, 0.4) is 0 Å². The number of piperidine rings is 1. The number of pyridine rings is 1. The highest BCUT2D eigenvalue weighted by atomic mass is 35.5. The van der Waals surface area contributed by atoms with E-state index in [2.05, 4.69) is 5.10 Å². The quantitative estimate of drug-likeness (QED) is 0.597. The first kappa shape index (κ1) is 21.0. The SMILES string of the molecule is Cc1nn(C)cc1S(=O)(=O)N1CCCC(c2cccc(Cc3ccc(Cl)cc3)n2)C1. The lowest BCUT2D eigenvalue weighted by molar-refractivity contribution is 0.312. The zero-order chi connectivity index (χ0) is 21.3. The summed E-state index contributed by atoms with van der Waals surface area (Å²) in [6.45, 7) is 2.70. The van der Waals surface area contributed by atoms with Crippen LogP contribution in [-0.4, -0.2) is 40.6 Å². The normalized spacial score (nSPS) is 17.9. The van der Waals surface area contributed by atoms with Crippen LogP contribution in [0, 0.1) is 6.92 Å². The van der Waals surface area contributed by atoms with Gasteiger partial charge in [-0.25, -0.2) is 8.42 Å². The largest absolute Gasteiger partial charge is 0.274 e. The van der Waals surface area contributed by atoms with Gasteiger partial charge >= 0.3 is 0 Å². The van der Waals surface area contributed by atoms with E-state index in [9.17, 15) is 8.42 Å². The van der Waals surface area contributed by atoms with Crippen LogP contribution in [0.2, 0.25) is 5.02 Å². The summed E-state index contributed by atoms with van der Waals surface area (Å²) >= 11 is 5.97. The van der Waals surface area contributed by atoms with Gasteiger partial charge in [0.2, 0.25) is 10.0 Å². The van der Waals surface area contributed by atoms with Crippen LogP contribution in [0.4, 0.5) is 0 Å². The summed E-state index contributed by atoms with van der Waals surface area (Å²) in [5, 5.41) is 4.91. The topological polar surface area (TPSA) is 68.1 Å². The Morgan fingerprint density at radius 3 is 2.63 bits per heavy atom. The van der Waals surface area contributed by atoms with E-state index >= 15 is 0 Å². The van der Waals surface area contributed by atoms with E-state index in [0.29, 0.717) is 30.2 Å². The van der Waals surface area contributed by atoms with Gasteiger partial charge in [0, 0.05) is 55.1 Å². The van der Waals surface area contributed by atoms with Gasteiger partial charge < -0.3 is 0 Å². The van der Waals surface area contributed by atoms with Gasteiger partial charge in [0.1, 0.15) is 4.90 Å². The highest BCUT2D eigenvalue weighted by molar-refractivity contribution is 7.89. The lowest BCUT2D eigenvalue weighted by Gasteiger charge is -2.31. The van der Waals surface area contributed by atoms with Crippen LogP contribution in [-0.2, 0) is 23.5 Å². The van der Waals surface area contributed by atoms with Crippen molar-refractivity contribution < 1.29 is 8.42 Å². The van der Waals surface area contributed by atoms with Crippen molar-refractivity contribution in [2.45, 2.75) is 37.0 Å². The van der Waals surface area contributed by atoms with Crippen LogP contribution in [0.1, 0.15) is 41.4 Å². The van der Waals surface area contributed by atoms with Crippen molar-refractivity contribution in [3.05, 3.63) is 76.3 Å². The summed E-state index contributed by atoms with van der Waals surface area (Å²) in [5.74, 6) is 0.0793. The lowest BCUT2D eigenvalue weighted by Crippen LogP contribution is -2.39. The van der Waals surface area contributed by atoms with Gasteiger partial charge in [0.05, 0.1) is 5.69 Å². The predicted octanol–water partition coefficient (Wildman–Crippen LogP) is 3.94. The molecule has 0 aliphatic carbocycles. The molecular weight excluding hydrogens is 420 g/mol. The summed E-state index contributed by atoms with van der Waals surface area (Å²) < 4.78 is 29.5. The lowest BCUT2D eigenvalue weighted by atomic mass is 9.95. The molecule has 8 heteroatoms. The zero-order valence-electron chi connectivity index (χ0n) is 17.1. The second kappa shape index (κ2) is 8.49. The van der Waals surface area contributed by atoms with Crippen molar-refractivity contribution >= 4 is 21.6 Å². The molecule has 1 atom stereocenters. The number of hydrogen-bond acceptors (Lipinski definition) is 4. The van der Waals surface area contributed by atoms with Gasteiger partial charge in [0.15, 0.2) is 0 Å². The maximum Gasteiger partial charge on any atom is 0.246 e. The molecule has 1 aromatic carbocycles. The van der Waals surface area contributed by atoms with Crippen molar-refractivity contribution in [2.75, 3.05) is 13.1 Å². The Morgan fingerprint density at radius 1 is 1.17 bits per heavy atom. The fourth-order valence-corrected chi connectivity index (χ4v) is 5.86. The highest BCUT2D eigenvalue weighted by Gasteiger charge is 2.33. The fourth-order valence-electron chi connectivity index (χ4n) is 4.01. The smallest absolute Gasteiger partial charge is 0.246 e. The molecule has 1 fully saturated rings. The Kier molecular flexibility index (Phi) is 5.95. The van der Waals surface area contributed by atoms with Crippen LogP contribution in [0.15, 0.2) is 53.6 Å². The van der Waals surface area contributed by atoms with Crippen LogP contribution >= 0.6 is 11.6 Å². The number of hydrogen-bond donors (Lipinski definition) is 0. The van der Waals surface area contributed by atoms with Gasteiger partial charge in [-0.1, -0.05) is 29.8 Å². The monoisotopic (exact) mass is 444 g/mol. The molecule has 3 aromatic rings. The van der Waals surface area contributed by atoms with Gasteiger partial charge in [0.25, 0.3) is 0 Å². The minimum absolute atomic E-state index is 0.0793. The molecule has 1 saturated heterocycles. The molecule has 0 saturated carbocycles. The van der Waals surface area contributed by atoms with Gasteiger partial charge in [-0.05, 0) is 49.6 Å². The zero-order valence-corrected chi connectivity index (χ0v) is 18.7. The van der Waals surface area contributed by atoms with Gasteiger partial charge in [-0.3, -0.25) is 9.67 Å². The maximum absolute atomic E-state index is 13.2. The molecule has 2 aromatic heterocycles. The van der Waals surface area contributed by atoms with E-state index < -0.39 is 10.0 Å². The van der Waals surface area contributed by atoms with Crippen LogP contribution < -0.4 is 0 Å². The minimum atomic E-state index is -3.57. The summed E-state index contributed by atoms with van der Waals surface area (Å²) in [6, 6.07) is 13.8. The Balaban J connectivity index is 1.53. The van der Waals surface area contributed by atoms with Crippen molar-refractivity contribution in [3.63, 3.8) is 0 Å². The highest BCUT2D eigenvalue weighted by Crippen LogP contribution is 2.30. The molecule has 1 aliphatic heterocycles. The molecule has 1 unspecified atom stereocenters. The molecule has 0 N–H and O–H groups in total. The first-order valence-electron chi connectivity index (χ1n) is 10.0. The number of nitrogens with zero attached hydrogens (tertiary/aromatic N) is 4. The fraction of sp³-hybridized carbons (Fsp3) is 0.364. The Bertz CT molecular complexity index is 1140. The average Bonchev–Trinajstić information content (AvgIpc) is 3.09. The van der Waals surface area contributed by atoms with Gasteiger partial charge in [-0.2, -0.15) is 9.40 Å². The summed E-state index contributed by atoms with van der Waals surface area (Å²) in [4.78, 5) is 5.14. The summed E-state index contributed by atoms with van der Waals surface area (Å²) in [5.41, 5.74) is 3.59. The van der Waals surface area contributed by atoms with E-state index in [1.54, 1.807) is 29.2 Å². The third-order valence-electron chi connectivity index (χ3n) is 5.52. The first-order chi connectivity index (χ1) is 14.3. The number of benzene rings is 1. The molecule has 0 amide bonds. The minimum Gasteiger partial charge on any atom is -0.274 e. The van der Waals surface area contributed by atoms with Crippen molar-refractivity contribution in [1.82, 2.24) is 19.1 Å². The van der Waals surface area contributed by atoms with E-state index in [0.717, 1.165) is 29.8 Å². The Labute approximate surface area is 182 Å². The Hall–Kier alpha value is -2.22. The van der Waals surface area contributed by atoms with E-state index in [1.165, 1.54) is 0 Å². The van der Waals surface area contributed by atoms with E-state index in [-0.39, 0.29) is 10.8 Å². The third kappa shape index (κ3) is 4.43. The average molecular weight is 445 g/mol. The molecule has 0 bridgehead atoms. The molecule has 1 aliphatic rings. The second-order valence-corrected chi connectivity index (χ2v) is 10.2. The van der Waals surface area contributed by atoms with Crippen molar-refractivity contribution in [3.8, 4) is 0 Å². The molecule has 0 radical (unpaired) electrons. The van der Waals surface area contributed by atoms with Crippen LogP contribution in [0.5, 0.6) is 0 Å². The van der Waals surface area contributed by atoms with Gasteiger partial charge in [-0.15, -0.1) is 0 Å². The first-order valence-corrected chi connectivity index (χ1v) is 11.9. The third-order valence-corrected chi connectivity index (χ3v) is 7.74. The molecule has 158 valence electrons. The summed E-state index contributed by atoms with van der Waals surface area (Å²) in [7, 11) is -1.83. The maximum atomic E-state index is 13.2.